The molecule has 0 radical (unpaired) electrons. The van der Waals surface area contributed by atoms with Crippen molar-refractivity contribution in [3.05, 3.63) is 69.2 Å². The topological polar surface area (TPSA) is 390 Å². The van der Waals surface area contributed by atoms with Crippen molar-refractivity contribution < 1.29 is 86.7 Å². The van der Waals surface area contributed by atoms with Gasteiger partial charge >= 0.3 is 5.97 Å². The SMILES string of the molecule is CC[C@@]1(O)C(=O)OCC2=C1C=C1c3nc4cc(F)c(C)c5c4c(c3CC1C2=O)[C@@H](NC(=O)COCNC(=O)[C@H](C)NC(=O)[C@@H](NC(=O)[C@H](CCC(=O)NC[C@H]1O[C@@H](CC(N)=O)[C@H](O)[C@@H]1O)NC(=O)CCCCCN1C(=O)C=CC1=O)C(C)C)CC5. The van der Waals surface area contributed by atoms with E-state index in [0.717, 1.165) is 10.5 Å². The van der Waals surface area contributed by atoms with Gasteiger partial charge in [-0.25, -0.2) is 14.2 Å². The maximum atomic E-state index is 15.4. The van der Waals surface area contributed by atoms with Gasteiger partial charge in [-0.2, -0.15) is 0 Å². The van der Waals surface area contributed by atoms with Crippen LogP contribution < -0.4 is 37.6 Å². The van der Waals surface area contributed by atoms with Crippen LogP contribution in [0, 0.1) is 24.6 Å². The first-order valence-electron chi connectivity index (χ1n) is 28.5. The van der Waals surface area contributed by atoms with Crippen molar-refractivity contribution in [1.82, 2.24) is 41.8 Å². The molecule has 8 rings (SSSR count). The van der Waals surface area contributed by atoms with E-state index >= 15 is 4.39 Å². The van der Waals surface area contributed by atoms with Gasteiger partial charge in [-0.3, -0.25) is 52.8 Å². The van der Waals surface area contributed by atoms with E-state index in [1.807, 2.05) is 0 Å². The first-order valence-corrected chi connectivity index (χ1v) is 28.5. The van der Waals surface area contributed by atoms with Crippen LogP contribution in [0.15, 0.2) is 35.4 Å². The summed E-state index contributed by atoms with van der Waals surface area (Å²) in [6, 6.07) is -3.19. The molecule has 2 aromatic rings. The van der Waals surface area contributed by atoms with Gasteiger partial charge in [-0.05, 0) is 98.6 Å². The lowest BCUT2D eigenvalue weighted by atomic mass is 9.75. The number of esters is 1. The molecule has 1 aromatic heterocycles. The van der Waals surface area contributed by atoms with Gasteiger partial charge in [-0.15, -0.1) is 0 Å². The van der Waals surface area contributed by atoms with Gasteiger partial charge in [0.1, 0.15) is 62.2 Å². The molecule has 3 aliphatic carbocycles. The van der Waals surface area contributed by atoms with Crippen molar-refractivity contribution in [2.75, 3.05) is 33.0 Å². The number of primary amides is 1. The minimum atomic E-state index is -2.05. The predicted octanol–water partition coefficient (Wildman–Crippen LogP) is -1.11. The number of unbranched alkanes of at least 4 members (excludes halogenated alkanes) is 2. The van der Waals surface area contributed by atoms with Gasteiger partial charge in [0.25, 0.3) is 11.8 Å². The number of hydrogen-bond acceptors (Lipinski definition) is 18. The zero-order chi connectivity index (χ0) is 61.8. The number of hydrogen-bond donors (Lipinski definition) is 10. The van der Waals surface area contributed by atoms with Crippen LogP contribution in [0.4, 0.5) is 4.39 Å². The zero-order valence-electron chi connectivity index (χ0n) is 47.8. The Labute approximate surface area is 487 Å². The summed E-state index contributed by atoms with van der Waals surface area (Å²) in [5.41, 5.74) is 7.16. The molecule has 0 bridgehead atoms. The summed E-state index contributed by atoms with van der Waals surface area (Å²) in [6.45, 7) is 6.45. The number of fused-ring (bicyclic) bond motifs is 4. The van der Waals surface area contributed by atoms with Crippen LogP contribution in [-0.2, 0) is 79.8 Å². The van der Waals surface area contributed by atoms with Crippen molar-refractivity contribution in [3.63, 3.8) is 0 Å². The molecule has 11 N–H and O–H groups in total. The lowest BCUT2D eigenvalue weighted by molar-refractivity contribution is -0.163. The van der Waals surface area contributed by atoms with Crippen LogP contribution in [0.2, 0.25) is 0 Å². The minimum Gasteiger partial charge on any atom is -0.458 e. The molecule has 10 atom stereocenters. The van der Waals surface area contributed by atoms with Crippen molar-refractivity contribution in [2.24, 2.45) is 17.6 Å². The first-order chi connectivity index (χ1) is 40.3. The van der Waals surface area contributed by atoms with E-state index in [1.165, 1.54) is 25.1 Å². The summed E-state index contributed by atoms with van der Waals surface area (Å²) in [5, 5.41) is 48.6. The normalized spacial score (nSPS) is 24.0. The molecular weight excluding hydrogens is 1110 g/mol. The van der Waals surface area contributed by atoms with Crippen LogP contribution >= 0.6 is 0 Å². The number of aliphatic hydroxyl groups excluding tert-OH is 2. The number of nitrogens with zero attached hydrogens (tertiary/aromatic N) is 2. The molecule has 6 aliphatic rings. The van der Waals surface area contributed by atoms with Gasteiger partial charge in [-0.1, -0.05) is 27.2 Å². The van der Waals surface area contributed by atoms with Crippen LogP contribution in [-0.4, -0.2) is 171 Å². The molecule has 0 spiro atoms. The summed E-state index contributed by atoms with van der Waals surface area (Å²) in [4.78, 5) is 149. The number of Topliss-reactive ketones (excluding diaryl/α,β-unsaturated/α-hetero) is 1. The minimum absolute atomic E-state index is 0.0499. The molecule has 1 unspecified atom stereocenters. The number of nitrogens with two attached hydrogens (primary N) is 1. The van der Waals surface area contributed by atoms with Gasteiger partial charge in [0.05, 0.1) is 35.7 Å². The van der Waals surface area contributed by atoms with Crippen molar-refractivity contribution in [3.8, 4) is 0 Å². The van der Waals surface area contributed by atoms with E-state index in [0.29, 0.717) is 71.0 Å². The quantitative estimate of drug-likeness (QED) is 0.0231. The number of ketones is 1. The third-order valence-electron chi connectivity index (χ3n) is 16.5. The zero-order valence-corrected chi connectivity index (χ0v) is 47.8. The number of aliphatic hydroxyl groups is 3. The average Bonchev–Trinajstić information content (AvgIpc) is 1.67. The van der Waals surface area contributed by atoms with Gasteiger partial charge < -0.3 is 67.2 Å². The lowest BCUT2D eigenvalue weighted by Crippen LogP contribution is -2.58. The van der Waals surface area contributed by atoms with E-state index in [-0.39, 0.29) is 75.2 Å². The number of ether oxygens (including phenoxy) is 3. The Balaban J connectivity index is 0.849. The van der Waals surface area contributed by atoms with Gasteiger partial charge in [0.15, 0.2) is 11.4 Å². The number of carbonyl (C=O) groups is 11. The number of rotatable bonds is 26. The second-order valence-electron chi connectivity index (χ2n) is 22.6. The number of cyclic esters (lactones) is 1. The number of aromatic nitrogens is 1. The van der Waals surface area contributed by atoms with Crippen LogP contribution in [0.5, 0.6) is 0 Å². The Hall–Kier alpha value is -7.85. The van der Waals surface area contributed by atoms with E-state index < -0.39 is 144 Å². The van der Waals surface area contributed by atoms with Crippen LogP contribution in [0.1, 0.15) is 119 Å². The first kappa shape index (κ1) is 63.2. The standard InChI is InChI=1S/C58H72FN9O17/c1-6-58(82)34-19-30-31(51(75)33(34)23-84-57(58)81)18-32-48-36(12-11-29-27(4)35(59)20-38(47(29)48)66-50(30)32)64-44(72)24-83-25-62-54(78)28(5)63-56(80)49(26(2)3)67-55(79)37(65-43(71)10-8-7-9-17-68-45(73)15-16-46(68)74)13-14-42(70)61-22-40-53(77)52(76)39(85-40)21-41(60)69/h15-16,19-20,26,28,31,36-37,39-40,49,52-53,76-77,82H,6-14,17-18,21-25H2,1-5H3,(H2,60,69)(H,61,70)(H,62,78)(H,63,80)(H,64,72)(H,65,71)(H,67,79)/t28-,31?,36-,37-,39-,40+,49-,52-,53+,58-/m0/s1. The number of benzene rings is 1. The number of allylic oxidation sites excluding steroid dienone is 1. The van der Waals surface area contributed by atoms with Crippen molar-refractivity contribution in [1.29, 1.82) is 0 Å². The molecule has 4 heterocycles. The fourth-order valence-corrected chi connectivity index (χ4v) is 11.7. The highest BCUT2D eigenvalue weighted by Crippen LogP contribution is 2.51. The number of amides is 9. The number of aryl methyl sites for hydroxylation is 1. The molecule has 1 fully saturated rings. The molecule has 3 aliphatic heterocycles. The molecule has 1 aromatic carbocycles. The van der Waals surface area contributed by atoms with Gasteiger partial charge in [0.2, 0.25) is 41.4 Å². The highest BCUT2D eigenvalue weighted by atomic mass is 19.1. The summed E-state index contributed by atoms with van der Waals surface area (Å²) in [6.07, 6.45) is -0.179. The Bertz CT molecular complexity index is 3180. The highest BCUT2D eigenvalue weighted by molar-refractivity contribution is 6.13. The maximum absolute atomic E-state index is 15.4. The molecule has 0 saturated carbocycles. The maximum Gasteiger partial charge on any atom is 0.343 e. The van der Waals surface area contributed by atoms with Crippen molar-refractivity contribution in [2.45, 2.75) is 159 Å². The lowest BCUT2D eigenvalue weighted by Gasteiger charge is -2.35. The highest BCUT2D eigenvalue weighted by Gasteiger charge is 2.51. The monoisotopic (exact) mass is 1190 g/mol. The van der Waals surface area contributed by atoms with Gasteiger partial charge in [0, 0.05) is 60.7 Å². The number of nitrogens with one attached hydrogen (secondary N) is 6. The number of carbonyl (C=O) groups excluding carboxylic acids is 11. The Kier molecular flexibility index (Phi) is 19.8. The van der Waals surface area contributed by atoms with E-state index in [1.54, 1.807) is 33.8 Å². The largest absolute Gasteiger partial charge is 0.458 e. The Morgan fingerprint density at radius 3 is 2.31 bits per heavy atom. The fourth-order valence-electron chi connectivity index (χ4n) is 11.7. The second kappa shape index (κ2) is 26.6. The molecule has 9 amide bonds. The third-order valence-corrected chi connectivity index (χ3v) is 16.5. The third kappa shape index (κ3) is 13.6. The Morgan fingerprint density at radius 2 is 1.61 bits per heavy atom. The van der Waals surface area contributed by atoms with E-state index in [4.69, 9.17) is 24.9 Å². The molecule has 1 saturated heterocycles. The van der Waals surface area contributed by atoms with Crippen LogP contribution in [0.3, 0.4) is 0 Å². The van der Waals surface area contributed by atoms with Crippen LogP contribution in [0.25, 0.3) is 16.5 Å². The summed E-state index contributed by atoms with van der Waals surface area (Å²) >= 11 is 0. The molecule has 85 heavy (non-hydrogen) atoms. The second-order valence-corrected chi connectivity index (χ2v) is 22.6. The number of halogens is 1. The smallest absolute Gasteiger partial charge is 0.343 e. The summed E-state index contributed by atoms with van der Waals surface area (Å²) in [5.74, 6) is -8.76. The Morgan fingerprint density at radius 1 is 0.894 bits per heavy atom. The average molecular weight is 1190 g/mol. The number of imide groups is 1. The van der Waals surface area contributed by atoms with E-state index in [9.17, 15) is 68.1 Å². The molecular formula is C58H72FN9O17. The predicted molar refractivity (Wildman–Crippen MR) is 295 cm³/mol. The molecule has 27 heteroatoms. The van der Waals surface area contributed by atoms with E-state index in [2.05, 4.69) is 31.9 Å². The summed E-state index contributed by atoms with van der Waals surface area (Å²) in [7, 11) is 0. The van der Waals surface area contributed by atoms with Crippen molar-refractivity contribution >= 4 is 81.4 Å². The fraction of sp³-hybridized carbons (Fsp3) is 0.552. The number of pyridine rings is 1. The molecule has 458 valence electrons. The summed E-state index contributed by atoms with van der Waals surface area (Å²) < 4.78 is 31.8. The molecule has 26 nitrogen and oxygen atoms in total.